The summed E-state index contributed by atoms with van der Waals surface area (Å²) in [5.74, 6) is 0.899. The van der Waals surface area contributed by atoms with Crippen LogP contribution in [0.1, 0.15) is 36.6 Å². The highest BCUT2D eigenvalue weighted by Crippen LogP contribution is 2.33. The second-order valence-corrected chi connectivity index (χ2v) is 8.11. The molecule has 3 aromatic rings. The van der Waals surface area contributed by atoms with Crippen LogP contribution in [0, 0.1) is 11.3 Å². The molecule has 2 aromatic carbocycles. The van der Waals surface area contributed by atoms with Crippen molar-refractivity contribution in [2.75, 3.05) is 13.2 Å². The maximum atomic E-state index is 12.6. The van der Waals surface area contributed by atoms with E-state index in [1.165, 1.54) is 0 Å². The average molecular weight is 447 g/mol. The predicted molar refractivity (Wildman–Crippen MR) is 120 cm³/mol. The summed E-state index contributed by atoms with van der Waals surface area (Å²) in [6, 6.07) is 11.3. The van der Waals surface area contributed by atoms with Gasteiger partial charge in [0.15, 0.2) is 5.78 Å². The zero-order valence-corrected chi connectivity index (χ0v) is 18.4. The van der Waals surface area contributed by atoms with Crippen molar-refractivity contribution >= 4 is 5.78 Å². The third kappa shape index (κ3) is 4.50. The number of Topliss-reactive ketones (excluding diaryl/α,β-unsaturated/α-hetero) is 1. The Morgan fingerprint density at radius 1 is 1.39 bits per heavy atom. The van der Waals surface area contributed by atoms with Crippen LogP contribution in [0.2, 0.25) is 0 Å². The van der Waals surface area contributed by atoms with E-state index in [4.69, 9.17) is 15.0 Å². The highest BCUT2D eigenvalue weighted by molar-refractivity contribution is 5.91. The minimum absolute atomic E-state index is 0.0562. The first kappa shape index (κ1) is 22.6. The summed E-state index contributed by atoms with van der Waals surface area (Å²) in [4.78, 5) is 17.2. The molecule has 1 aromatic heterocycles. The van der Waals surface area contributed by atoms with Crippen LogP contribution in [0.5, 0.6) is 5.75 Å². The maximum Gasteiger partial charge on any atom is 0.258 e. The van der Waals surface area contributed by atoms with Gasteiger partial charge in [-0.15, -0.1) is 0 Å². The SMILES string of the molecule is CC(C)Oc1ccc(-c2nc(-c3cccc4c3CCNC4C(=O)[C@H](N)CO)no2)cc1C#N. The van der Waals surface area contributed by atoms with Crippen molar-refractivity contribution in [1.29, 1.82) is 5.26 Å². The molecule has 0 radical (unpaired) electrons. The second-order valence-electron chi connectivity index (χ2n) is 8.11. The molecule has 0 bridgehead atoms. The Bertz CT molecular complexity index is 1210. The van der Waals surface area contributed by atoms with E-state index in [2.05, 4.69) is 21.5 Å². The summed E-state index contributed by atoms with van der Waals surface area (Å²) in [5.41, 5.74) is 9.25. The molecule has 0 saturated heterocycles. The van der Waals surface area contributed by atoms with Gasteiger partial charge in [-0.3, -0.25) is 4.79 Å². The van der Waals surface area contributed by atoms with Gasteiger partial charge in [0.25, 0.3) is 5.89 Å². The molecule has 2 atom stereocenters. The number of aliphatic hydroxyl groups is 1. The zero-order chi connectivity index (χ0) is 23.5. The highest BCUT2D eigenvalue weighted by atomic mass is 16.5. The van der Waals surface area contributed by atoms with Gasteiger partial charge in [-0.05, 0) is 49.6 Å². The first-order valence-corrected chi connectivity index (χ1v) is 10.7. The van der Waals surface area contributed by atoms with Crippen molar-refractivity contribution in [3.8, 4) is 34.7 Å². The fourth-order valence-electron chi connectivity index (χ4n) is 3.93. The Morgan fingerprint density at radius 3 is 2.94 bits per heavy atom. The Kier molecular flexibility index (Phi) is 6.51. The first-order chi connectivity index (χ1) is 15.9. The Balaban J connectivity index is 1.68. The van der Waals surface area contributed by atoms with Crippen LogP contribution in [0.15, 0.2) is 40.9 Å². The Labute approximate surface area is 191 Å². The van der Waals surface area contributed by atoms with Crippen molar-refractivity contribution in [2.45, 2.75) is 38.5 Å². The summed E-state index contributed by atoms with van der Waals surface area (Å²) in [6.07, 6.45) is 0.618. The number of carbonyl (C=O) groups is 1. The number of nitrogens with zero attached hydrogens (tertiary/aromatic N) is 3. The molecular weight excluding hydrogens is 422 g/mol. The van der Waals surface area contributed by atoms with Crippen LogP contribution < -0.4 is 15.8 Å². The van der Waals surface area contributed by atoms with Gasteiger partial charge in [0.05, 0.1) is 30.4 Å². The van der Waals surface area contributed by atoms with Crippen molar-refractivity contribution in [3.63, 3.8) is 0 Å². The molecule has 4 N–H and O–H groups in total. The van der Waals surface area contributed by atoms with E-state index < -0.39 is 18.7 Å². The number of benzene rings is 2. The molecule has 0 aliphatic carbocycles. The quantitative estimate of drug-likeness (QED) is 0.495. The van der Waals surface area contributed by atoms with Gasteiger partial charge < -0.3 is 25.4 Å². The summed E-state index contributed by atoms with van der Waals surface area (Å²) in [7, 11) is 0. The number of rotatable bonds is 7. The van der Waals surface area contributed by atoms with Gasteiger partial charge in [-0.1, -0.05) is 23.4 Å². The number of ketones is 1. The lowest BCUT2D eigenvalue weighted by Crippen LogP contribution is -2.45. The average Bonchev–Trinajstić information content (AvgIpc) is 3.32. The molecule has 2 heterocycles. The summed E-state index contributed by atoms with van der Waals surface area (Å²) in [5, 5.41) is 26.1. The monoisotopic (exact) mass is 447 g/mol. The van der Waals surface area contributed by atoms with Gasteiger partial charge in [-0.25, -0.2) is 0 Å². The third-order valence-electron chi connectivity index (χ3n) is 5.47. The molecule has 1 aliphatic heterocycles. The second kappa shape index (κ2) is 9.50. The molecule has 0 amide bonds. The third-order valence-corrected chi connectivity index (χ3v) is 5.47. The Morgan fingerprint density at radius 2 is 2.21 bits per heavy atom. The smallest absolute Gasteiger partial charge is 0.258 e. The fourth-order valence-corrected chi connectivity index (χ4v) is 3.93. The van der Waals surface area contributed by atoms with Crippen LogP contribution in [-0.2, 0) is 11.2 Å². The first-order valence-electron chi connectivity index (χ1n) is 10.7. The predicted octanol–water partition coefficient (Wildman–Crippen LogP) is 2.14. The van der Waals surface area contributed by atoms with Crippen LogP contribution in [0.3, 0.4) is 0 Å². The van der Waals surface area contributed by atoms with Crippen LogP contribution in [0.25, 0.3) is 22.8 Å². The van der Waals surface area contributed by atoms with Crippen molar-refractivity contribution in [1.82, 2.24) is 15.5 Å². The molecule has 0 saturated carbocycles. The summed E-state index contributed by atoms with van der Waals surface area (Å²) >= 11 is 0. The van der Waals surface area contributed by atoms with E-state index in [0.29, 0.717) is 35.7 Å². The standard InChI is InChI=1S/C24H25N5O4/c1-13(2)32-20-7-6-14(10-15(20)11-25)24-28-23(29-33-24)18-5-3-4-17-16(18)8-9-27-21(17)22(31)19(26)12-30/h3-7,10,13,19,21,27,30H,8-9,12,26H2,1-2H3/t19-,21?/m1/s1. The molecule has 9 nitrogen and oxygen atoms in total. The van der Waals surface area contributed by atoms with Gasteiger partial charge in [0.1, 0.15) is 11.8 Å². The van der Waals surface area contributed by atoms with E-state index in [1.807, 2.05) is 32.0 Å². The molecule has 4 rings (SSSR count). The lowest BCUT2D eigenvalue weighted by Gasteiger charge is -2.28. The fraction of sp³-hybridized carbons (Fsp3) is 0.333. The zero-order valence-electron chi connectivity index (χ0n) is 18.4. The lowest BCUT2D eigenvalue weighted by atomic mass is 9.87. The topological polar surface area (TPSA) is 147 Å². The number of aliphatic hydroxyl groups excluding tert-OH is 1. The van der Waals surface area contributed by atoms with Crippen LogP contribution in [0.4, 0.5) is 0 Å². The van der Waals surface area contributed by atoms with E-state index in [1.54, 1.807) is 18.2 Å². The number of nitrogens with two attached hydrogens (primary N) is 1. The molecule has 170 valence electrons. The number of hydrogen-bond acceptors (Lipinski definition) is 9. The Hall–Kier alpha value is -3.58. The molecular formula is C24H25N5O4. The van der Waals surface area contributed by atoms with E-state index in [0.717, 1.165) is 16.7 Å². The number of ether oxygens (including phenoxy) is 1. The lowest BCUT2D eigenvalue weighted by molar-refractivity contribution is -0.123. The van der Waals surface area contributed by atoms with E-state index in [9.17, 15) is 15.2 Å². The molecule has 0 fully saturated rings. The van der Waals surface area contributed by atoms with Crippen LogP contribution in [-0.4, -0.2) is 46.3 Å². The van der Waals surface area contributed by atoms with Crippen molar-refractivity contribution in [3.05, 3.63) is 53.1 Å². The molecule has 9 heteroatoms. The maximum absolute atomic E-state index is 12.6. The van der Waals surface area contributed by atoms with Gasteiger partial charge >= 0.3 is 0 Å². The van der Waals surface area contributed by atoms with Gasteiger partial charge in [0.2, 0.25) is 5.82 Å². The minimum Gasteiger partial charge on any atom is -0.490 e. The summed E-state index contributed by atoms with van der Waals surface area (Å²) < 4.78 is 11.2. The molecule has 33 heavy (non-hydrogen) atoms. The number of carbonyl (C=O) groups excluding carboxylic acids is 1. The minimum atomic E-state index is -0.953. The van der Waals surface area contributed by atoms with Crippen molar-refractivity contribution in [2.24, 2.45) is 5.73 Å². The number of fused-ring (bicyclic) bond motifs is 1. The molecule has 1 unspecified atom stereocenters. The number of hydrogen-bond donors (Lipinski definition) is 3. The number of nitriles is 1. The largest absolute Gasteiger partial charge is 0.490 e. The van der Waals surface area contributed by atoms with E-state index in [-0.39, 0.29) is 17.8 Å². The number of aromatic nitrogens is 2. The summed E-state index contributed by atoms with van der Waals surface area (Å²) in [6.45, 7) is 3.95. The molecule has 1 aliphatic rings. The molecule has 0 spiro atoms. The van der Waals surface area contributed by atoms with E-state index >= 15 is 0 Å². The van der Waals surface area contributed by atoms with Crippen molar-refractivity contribution < 1.29 is 19.2 Å². The van der Waals surface area contributed by atoms with Gasteiger partial charge in [0, 0.05) is 17.7 Å². The van der Waals surface area contributed by atoms with Gasteiger partial charge in [-0.2, -0.15) is 10.2 Å². The van der Waals surface area contributed by atoms with Crippen LogP contribution >= 0.6 is 0 Å². The normalized spacial score (nSPS) is 16.2. The highest BCUT2D eigenvalue weighted by Gasteiger charge is 2.31. The number of nitrogens with one attached hydrogen (secondary N) is 1.